The van der Waals surface area contributed by atoms with Crippen LogP contribution in [0.2, 0.25) is 0 Å². The summed E-state index contributed by atoms with van der Waals surface area (Å²) in [7, 11) is 3.21. The van der Waals surface area contributed by atoms with Crippen molar-refractivity contribution in [1.82, 2.24) is 19.7 Å². The Morgan fingerprint density at radius 3 is 2.67 bits per heavy atom. The third-order valence-corrected chi connectivity index (χ3v) is 5.52. The van der Waals surface area contributed by atoms with Crippen LogP contribution in [0.25, 0.3) is 10.2 Å². The second-order valence-electron chi connectivity index (χ2n) is 6.24. The number of amides is 1. The Kier molecular flexibility index (Phi) is 4.42. The molecule has 0 atom stereocenters. The van der Waals surface area contributed by atoms with Crippen LogP contribution in [0.5, 0.6) is 5.88 Å². The van der Waals surface area contributed by atoms with E-state index in [2.05, 4.69) is 10.1 Å². The number of halogens is 2. The van der Waals surface area contributed by atoms with Gasteiger partial charge in [-0.05, 0) is 6.07 Å². The molecule has 0 radical (unpaired) electrons. The monoisotopic (exact) mass is 393 g/mol. The molecular weight excluding hydrogens is 376 g/mol. The number of nitrogens with zero attached hydrogens (tertiary/aromatic N) is 5. The lowest BCUT2D eigenvalue weighted by molar-refractivity contribution is 0.0743. The van der Waals surface area contributed by atoms with Crippen LogP contribution in [-0.4, -0.2) is 58.9 Å². The predicted octanol–water partition coefficient (Wildman–Crippen LogP) is 2.28. The van der Waals surface area contributed by atoms with Crippen LogP contribution in [0, 0.1) is 11.6 Å². The first-order valence-corrected chi connectivity index (χ1v) is 9.15. The van der Waals surface area contributed by atoms with Gasteiger partial charge in [0.15, 0.2) is 10.9 Å². The normalized spacial score (nSPS) is 14.8. The summed E-state index contributed by atoms with van der Waals surface area (Å²) in [6.07, 6.45) is 1.64. The zero-order chi connectivity index (χ0) is 19.1. The minimum absolute atomic E-state index is 0.142. The Hall–Kier alpha value is -2.75. The number of ether oxygens (including phenoxy) is 1. The summed E-state index contributed by atoms with van der Waals surface area (Å²) in [5, 5.41) is 4.73. The fourth-order valence-electron chi connectivity index (χ4n) is 3.12. The molecule has 1 aliphatic heterocycles. The second kappa shape index (κ2) is 6.76. The van der Waals surface area contributed by atoms with Gasteiger partial charge in [-0.2, -0.15) is 0 Å². The molecule has 0 aliphatic carbocycles. The van der Waals surface area contributed by atoms with Crippen LogP contribution in [0.4, 0.5) is 13.9 Å². The number of piperazine rings is 1. The van der Waals surface area contributed by atoms with E-state index in [-0.39, 0.29) is 11.4 Å². The first kappa shape index (κ1) is 17.7. The van der Waals surface area contributed by atoms with Crippen LogP contribution in [0.15, 0.2) is 18.3 Å². The maximum atomic E-state index is 13.9. The van der Waals surface area contributed by atoms with Crippen LogP contribution in [0.3, 0.4) is 0 Å². The number of hydrogen-bond donors (Lipinski definition) is 0. The maximum absolute atomic E-state index is 13.9. The van der Waals surface area contributed by atoms with Crippen LogP contribution >= 0.6 is 11.3 Å². The van der Waals surface area contributed by atoms with E-state index in [1.54, 1.807) is 18.1 Å². The highest BCUT2D eigenvalue weighted by Crippen LogP contribution is 2.31. The largest absolute Gasteiger partial charge is 0.479 e. The van der Waals surface area contributed by atoms with Crippen molar-refractivity contribution in [2.24, 2.45) is 7.05 Å². The van der Waals surface area contributed by atoms with Gasteiger partial charge in [0.2, 0.25) is 5.88 Å². The summed E-state index contributed by atoms with van der Waals surface area (Å²) in [6.45, 7) is 2.09. The van der Waals surface area contributed by atoms with Gasteiger partial charge in [-0.25, -0.2) is 13.8 Å². The van der Waals surface area contributed by atoms with Crippen molar-refractivity contribution in [1.29, 1.82) is 0 Å². The molecule has 27 heavy (non-hydrogen) atoms. The molecule has 142 valence electrons. The molecule has 3 aromatic rings. The SMILES string of the molecule is COc1nn(C)cc1C(=O)N1CCN(c2nc3c(F)cc(F)cc3s2)CC1. The number of anilines is 1. The Bertz CT molecular complexity index is 1010. The maximum Gasteiger partial charge on any atom is 0.261 e. The molecule has 4 rings (SSSR count). The van der Waals surface area contributed by atoms with Crippen LogP contribution < -0.4 is 9.64 Å². The third-order valence-electron chi connectivity index (χ3n) is 4.46. The standard InChI is InChI=1S/C17H17F2N5O2S/c1-22-9-11(15(21-22)26-2)16(25)23-3-5-24(6-4-23)17-20-14-12(19)7-10(18)8-13(14)27-17/h7-9H,3-6H2,1-2H3. The molecule has 1 aliphatic rings. The first-order chi connectivity index (χ1) is 13.0. The molecule has 0 saturated carbocycles. The van der Waals surface area contributed by atoms with E-state index in [0.29, 0.717) is 47.5 Å². The molecule has 1 fully saturated rings. The molecule has 0 N–H and O–H groups in total. The average molecular weight is 393 g/mol. The Morgan fingerprint density at radius 1 is 1.22 bits per heavy atom. The van der Waals surface area contributed by atoms with Crippen molar-refractivity contribution in [3.63, 3.8) is 0 Å². The molecule has 2 aromatic heterocycles. The smallest absolute Gasteiger partial charge is 0.261 e. The summed E-state index contributed by atoms with van der Waals surface area (Å²) in [4.78, 5) is 20.7. The molecule has 0 bridgehead atoms. The number of methoxy groups -OCH3 is 1. The zero-order valence-electron chi connectivity index (χ0n) is 14.8. The average Bonchev–Trinajstić information content (AvgIpc) is 3.24. The zero-order valence-corrected chi connectivity index (χ0v) is 15.6. The highest BCUT2D eigenvalue weighted by atomic mass is 32.1. The lowest BCUT2D eigenvalue weighted by atomic mass is 10.2. The van der Waals surface area contributed by atoms with Crippen molar-refractivity contribution in [3.8, 4) is 5.88 Å². The molecule has 1 saturated heterocycles. The van der Waals surface area contributed by atoms with Gasteiger partial charge in [-0.15, -0.1) is 5.10 Å². The lowest BCUT2D eigenvalue weighted by Gasteiger charge is -2.34. The van der Waals surface area contributed by atoms with Gasteiger partial charge in [0.25, 0.3) is 5.91 Å². The third kappa shape index (κ3) is 3.20. The van der Waals surface area contributed by atoms with Crippen molar-refractivity contribution < 1.29 is 18.3 Å². The number of carbonyl (C=O) groups excluding carboxylic acids is 1. The Morgan fingerprint density at radius 2 is 1.96 bits per heavy atom. The van der Waals surface area contributed by atoms with E-state index in [1.807, 2.05) is 4.90 Å². The van der Waals surface area contributed by atoms with Gasteiger partial charge < -0.3 is 14.5 Å². The Labute approximate surface area is 157 Å². The minimum atomic E-state index is -0.662. The van der Waals surface area contributed by atoms with Gasteiger partial charge in [-0.1, -0.05) is 11.3 Å². The van der Waals surface area contributed by atoms with Crippen molar-refractivity contribution in [2.45, 2.75) is 0 Å². The number of hydrogen-bond acceptors (Lipinski definition) is 6. The van der Waals surface area contributed by atoms with E-state index in [4.69, 9.17) is 4.74 Å². The van der Waals surface area contributed by atoms with E-state index < -0.39 is 11.6 Å². The number of thiazole rings is 1. The molecule has 0 unspecified atom stereocenters. The van der Waals surface area contributed by atoms with Crippen LogP contribution in [-0.2, 0) is 7.05 Å². The molecule has 0 spiro atoms. The number of fused-ring (bicyclic) bond motifs is 1. The van der Waals surface area contributed by atoms with Gasteiger partial charge in [0.05, 0.1) is 11.8 Å². The molecule has 1 amide bonds. The summed E-state index contributed by atoms with van der Waals surface area (Å²) in [5.41, 5.74) is 0.598. The number of aryl methyl sites for hydroxylation is 1. The summed E-state index contributed by atoms with van der Waals surface area (Å²) >= 11 is 1.25. The highest BCUT2D eigenvalue weighted by molar-refractivity contribution is 7.22. The number of rotatable bonds is 3. The molecule has 7 nitrogen and oxygen atoms in total. The van der Waals surface area contributed by atoms with Gasteiger partial charge >= 0.3 is 0 Å². The molecule has 3 heterocycles. The summed E-state index contributed by atoms with van der Waals surface area (Å²) in [6, 6.07) is 2.12. The van der Waals surface area contributed by atoms with E-state index >= 15 is 0 Å². The van der Waals surface area contributed by atoms with Crippen LogP contribution in [0.1, 0.15) is 10.4 Å². The minimum Gasteiger partial charge on any atom is -0.479 e. The second-order valence-corrected chi connectivity index (χ2v) is 7.24. The van der Waals surface area contributed by atoms with Gasteiger partial charge in [-0.3, -0.25) is 9.48 Å². The topological polar surface area (TPSA) is 63.5 Å². The molecule has 10 heteroatoms. The quantitative estimate of drug-likeness (QED) is 0.683. The predicted molar refractivity (Wildman–Crippen MR) is 97.4 cm³/mol. The lowest BCUT2D eigenvalue weighted by Crippen LogP contribution is -2.48. The van der Waals surface area contributed by atoms with Crippen molar-refractivity contribution in [3.05, 3.63) is 35.5 Å². The number of aromatic nitrogens is 3. The van der Waals surface area contributed by atoms with E-state index in [0.717, 1.165) is 6.07 Å². The molecular formula is C17H17F2N5O2S. The van der Waals surface area contributed by atoms with E-state index in [9.17, 15) is 13.6 Å². The highest BCUT2D eigenvalue weighted by Gasteiger charge is 2.27. The Balaban J connectivity index is 1.49. The van der Waals surface area contributed by atoms with Crippen molar-refractivity contribution in [2.75, 3.05) is 38.2 Å². The van der Waals surface area contributed by atoms with E-state index in [1.165, 1.54) is 29.2 Å². The fraction of sp³-hybridized carbons (Fsp3) is 0.353. The summed E-state index contributed by atoms with van der Waals surface area (Å²) < 4.78 is 34.4. The first-order valence-electron chi connectivity index (χ1n) is 8.33. The molecule has 1 aromatic carbocycles. The van der Waals surface area contributed by atoms with Gasteiger partial charge in [0, 0.05) is 45.5 Å². The fourth-order valence-corrected chi connectivity index (χ4v) is 4.17. The van der Waals surface area contributed by atoms with Gasteiger partial charge in [0.1, 0.15) is 16.9 Å². The number of carbonyl (C=O) groups is 1. The number of benzene rings is 1. The van der Waals surface area contributed by atoms with Crippen molar-refractivity contribution >= 4 is 32.6 Å². The summed E-state index contributed by atoms with van der Waals surface area (Å²) in [5.74, 6) is -1.12.